The zero-order chi connectivity index (χ0) is 17.1. The Morgan fingerprint density at radius 2 is 2.12 bits per heavy atom. The van der Waals surface area contributed by atoms with Crippen LogP contribution in [-0.4, -0.2) is 28.1 Å². The highest BCUT2D eigenvalue weighted by molar-refractivity contribution is 5.96. The highest BCUT2D eigenvalue weighted by atomic mass is 16.5. The Labute approximate surface area is 139 Å². The summed E-state index contributed by atoms with van der Waals surface area (Å²) in [5.41, 5.74) is 3.21. The summed E-state index contributed by atoms with van der Waals surface area (Å²) in [6, 6.07) is 7.62. The molecule has 122 valence electrons. The molecule has 1 heterocycles. The van der Waals surface area contributed by atoms with E-state index in [4.69, 9.17) is 10.00 Å². The normalized spacial score (nSPS) is 12.5. The summed E-state index contributed by atoms with van der Waals surface area (Å²) >= 11 is 0. The number of Topliss-reactive ketones (excluding diaryl/α,β-unsaturated/α-hetero) is 1. The predicted molar refractivity (Wildman–Crippen MR) is 85.7 cm³/mol. The van der Waals surface area contributed by atoms with Gasteiger partial charge in [-0.15, -0.1) is 0 Å². The summed E-state index contributed by atoms with van der Waals surface area (Å²) in [6.07, 6.45) is 4.59. The Hall–Kier alpha value is -2.94. The topological polar surface area (TPSA) is 85.0 Å². The van der Waals surface area contributed by atoms with Gasteiger partial charge in [-0.2, -0.15) is 10.4 Å². The monoisotopic (exact) mass is 323 g/mol. The van der Waals surface area contributed by atoms with Crippen LogP contribution in [0.15, 0.2) is 24.4 Å². The number of aromatic nitrogens is 2. The van der Waals surface area contributed by atoms with Gasteiger partial charge in [-0.25, -0.2) is 4.79 Å². The van der Waals surface area contributed by atoms with Gasteiger partial charge in [-0.3, -0.25) is 9.48 Å². The lowest BCUT2D eigenvalue weighted by atomic mass is 10.0. The molecule has 0 unspecified atom stereocenters. The molecule has 0 bridgehead atoms. The number of hydrogen-bond donors (Lipinski definition) is 0. The smallest absolute Gasteiger partial charge is 0.342 e. The van der Waals surface area contributed by atoms with Gasteiger partial charge in [0.05, 0.1) is 6.61 Å². The van der Waals surface area contributed by atoms with Crippen LogP contribution >= 0.6 is 0 Å². The Balaban J connectivity index is 1.80. The molecule has 0 radical (unpaired) electrons. The Bertz CT molecular complexity index is 846. The van der Waals surface area contributed by atoms with E-state index >= 15 is 0 Å². The number of hydrogen-bond acceptors (Lipinski definition) is 5. The van der Waals surface area contributed by atoms with Crippen LogP contribution in [-0.2, 0) is 24.1 Å². The molecule has 0 fully saturated rings. The average Bonchev–Trinajstić information content (AvgIpc) is 3.20. The lowest BCUT2D eigenvalue weighted by molar-refractivity contribution is 0.0525. The number of benzene rings is 1. The van der Waals surface area contributed by atoms with Crippen molar-refractivity contribution in [3.05, 3.63) is 52.3 Å². The van der Waals surface area contributed by atoms with Crippen LogP contribution in [0.3, 0.4) is 0 Å². The molecular formula is C18H17N3O3. The first-order valence-corrected chi connectivity index (χ1v) is 7.92. The second-order valence-electron chi connectivity index (χ2n) is 5.68. The summed E-state index contributed by atoms with van der Waals surface area (Å²) in [7, 11) is 0. The number of ether oxygens (including phenoxy) is 1. The fourth-order valence-corrected chi connectivity index (χ4v) is 2.93. The van der Waals surface area contributed by atoms with Crippen molar-refractivity contribution in [2.75, 3.05) is 6.61 Å². The number of fused-ring (bicyclic) bond motifs is 1. The fourth-order valence-electron chi connectivity index (χ4n) is 2.93. The molecule has 6 nitrogen and oxygen atoms in total. The van der Waals surface area contributed by atoms with Crippen LogP contribution in [0.2, 0.25) is 0 Å². The minimum atomic E-state index is -0.606. The van der Waals surface area contributed by atoms with Gasteiger partial charge in [-0.05, 0) is 43.4 Å². The summed E-state index contributed by atoms with van der Waals surface area (Å²) in [5, 5.41) is 13.1. The molecule has 0 saturated carbocycles. The Kier molecular flexibility index (Phi) is 4.43. The van der Waals surface area contributed by atoms with Crippen LogP contribution in [0.4, 0.5) is 0 Å². The molecule has 0 aliphatic heterocycles. The average molecular weight is 323 g/mol. The van der Waals surface area contributed by atoms with Crippen LogP contribution in [0.5, 0.6) is 0 Å². The zero-order valence-electron chi connectivity index (χ0n) is 13.4. The van der Waals surface area contributed by atoms with Crippen LogP contribution < -0.4 is 0 Å². The first kappa shape index (κ1) is 15.9. The number of nitriles is 1. The highest BCUT2D eigenvalue weighted by Gasteiger charge is 2.19. The van der Waals surface area contributed by atoms with Crippen molar-refractivity contribution in [1.82, 2.24) is 9.78 Å². The maximum Gasteiger partial charge on any atom is 0.342 e. The van der Waals surface area contributed by atoms with Crippen molar-refractivity contribution >= 4 is 11.8 Å². The molecule has 0 spiro atoms. The number of esters is 1. The molecule has 1 aliphatic rings. The van der Waals surface area contributed by atoms with E-state index in [1.54, 1.807) is 6.92 Å². The number of carbonyl (C=O) groups excluding carboxylic acids is 2. The Morgan fingerprint density at radius 1 is 1.33 bits per heavy atom. The second kappa shape index (κ2) is 6.67. The third-order valence-electron chi connectivity index (χ3n) is 4.09. The minimum absolute atomic E-state index is 0.0210. The van der Waals surface area contributed by atoms with Crippen molar-refractivity contribution in [2.45, 2.75) is 32.7 Å². The van der Waals surface area contributed by atoms with Gasteiger partial charge in [-0.1, -0.05) is 12.1 Å². The Morgan fingerprint density at radius 3 is 2.88 bits per heavy atom. The van der Waals surface area contributed by atoms with Crippen molar-refractivity contribution in [1.29, 1.82) is 5.26 Å². The van der Waals surface area contributed by atoms with Crippen molar-refractivity contribution < 1.29 is 14.3 Å². The highest BCUT2D eigenvalue weighted by Crippen LogP contribution is 2.23. The SMILES string of the molecule is CCOC(=O)c1cn(CC(=O)c2ccc3c(c2)CCC3)nc1C#N. The molecule has 0 amide bonds. The molecule has 24 heavy (non-hydrogen) atoms. The van der Waals surface area contributed by atoms with Gasteiger partial charge in [0.1, 0.15) is 18.2 Å². The van der Waals surface area contributed by atoms with Crippen molar-refractivity contribution in [3.63, 3.8) is 0 Å². The minimum Gasteiger partial charge on any atom is -0.462 e. The third-order valence-corrected chi connectivity index (χ3v) is 4.09. The second-order valence-corrected chi connectivity index (χ2v) is 5.68. The van der Waals surface area contributed by atoms with Crippen LogP contribution in [0, 0.1) is 11.3 Å². The molecule has 0 saturated heterocycles. The molecule has 1 aliphatic carbocycles. The summed E-state index contributed by atoms with van der Waals surface area (Å²) in [6.45, 7) is 1.88. The molecule has 6 heteroatoms. The van der Waals surface area contributed by atoms with Gasteiger partial charge in [0.15, 0.2) is 11.5 Å². The quantitative estimate of drug-likeness (QED) is 0.622. The molecule has 1 aromatic carbocycles. The lowest BCUT2D eigenvalue weighted by Gasteiger charge is -2.04. The van der Waals surface area contributed by atoms with E-state index in [0.29, 0.717) is 5.56 Å². The maximum absolute atomic E-state index is 12.5. The van der Waals surface area contributed by atoms with E-state index in [1.807, 2.05) is 24.3 Å². The first-order chi connectivity index (χ1) is 11.6. The van der Waals surface area contributed by atoms with Crippen molar-refractivity contribution in [2.24, 2.45) is 0 Å². The molecule has 0 N–H and O–H groups in total. The van der Waals surface area contributed by atoms with Gasteiger partial charge >= 0.3 is 5.97 Å². The standard InChI is InChI=1S/C18H17N3O3/c1-2-24-18(23)15-10-21(20-16(15)9-19)11-17(22)14-7-6-12-4-3-5-13(12)8-14/h6-8,10H,2-5,11H2,1H3. The molecular weight excluding hydrogens is 306 g/mol. The van der Waals surface area contributed by atoms with Crippen LogP contribution in [0.25, 0.3) is 0 Å². The van der Waals surface area contributed by atoms with E-state index < -0.39 is 5.97 Å². The molecule has 1 aromatic heterocycles. The fraction of sp³-hybridized carbons (Fsp3) is 0.333. The first-order valence-electron chi connectivity index (χ1n) is 7.92. The van der Waals surface area contributed by atoms with E-state index in [-0.39, 0.29) is 30.2 Å². The van der Waals surface area contributed by atoms with E-state index in [1.165, 1.54) is 22.0 Å². The number of ketones is 1. The van der Waals surface area contributed by atoms with Gasteiger partial charge < -0.3 is 4.74 Å². The number of nitrogens with zero attached hydrogens (tertiary/aromatic N) is 3. The zero-order valence-corrected chi connectivity index (χ0v) is 13.4. The lowest BCUT2D eigenvalue weighted by Crippen LogP contribution is -2.11. The van der Waals surface area contributed by atoms with E-state index in [9.17, 15) is 9.59 Å². The molecule has 3 rings (SSSR count). The maximum atomic E-state index is 12.5. The van der Waals surface area contributed by atoms with Crippen LogP contribution in [0.1, 0.15) is 50.9 Å². The van der Waals surface area contributed by atoms with Gasteiger partial charge in [0.25, 0.3) is 0 Å². The summed E-state index contributed by atoms with van der Waals surface area (Å²) in [4.78, 5) is 24.3. The van der Waals surface area contributed by atoms with Crippen molar-refractivity contribution in [3.8, 4) is 6.07 Å². The van der Waals surface area contributed by atoms with E-state index in [0.717, 1.165) is 19.3 Å². The number of rotatable bonds is 5. The predicted octanol–water partition coefficient (Wildman–Crippen LogP) is 2.30. The number of aryl methyl sites for hydroxylation is 2. The summed E-state index contributed by atoms with van der Waals surface area (Å²) in [5.74, 6) is -0.711. The number of carbonyl (C=O) groups is 2. The molecule has 0 atom stereocenters. The van der Waals surface area contributed by atoms with Gasteiger partial charge in [0.2, 0.25) is 0 Å². The summed E-state index contributed by atoms with van der Waals surface area (Å²) < 4.78 is 6.22. The van der Waals surface area contributed by atoms with E-state index in [2.05, 4.69) is 5.10 Å². The largest absolute Gasteiger partial charge is 0.462 e. The third kappa shape index (κ3) is 3.06. The molecule has 2 aromatic rings. The van der Waals surface area contributed by atoms with Gasteiger partial charge in [0, 0.05) is 11.8 Å².